The zero-order valence-corrected chi connectivity index (χ0v) is 16.7. The van der Waals surface area contributed by atoms with Crippen LogP contribution in [0.2, 0.25) is 5.02 Å². The van der Waals surface area contributed by atoms with E-state index in [1.807, 2.05) is 38.1 Å². The second kappa shape index (κ2) is 7.44. The van der Waals surface area contributed by atoms with Crippen LogP contribution in [-0.4, -0.2) is 16.0 Å². The van der Waals surface area contributed by atoms with Crippen LogP contribution >= 0.6 is 22.9 Å². The van der Waals surface area contributed by atoms with Crippen molar-refractivity contribution in [1.82, 2.24) is 15.5 Å². The average molecular weight is 402 g/mol. The van der Waals surface area contributed by atoms with Crippen LogP contribution in [0.4, 0.5) is 0 Å². The lowest BCUT2D eigenvalue weighted by Gasteiger charge is -2.17. The molecule has 1 saturated carbocycles. The molecule has 0 bridgehead atoms. The third kappa shape index (κ3) is 3.92. The predicted molar refractivity (Wildman–Crippen MR) is 108 cm³/mol. The molecule has 4 rings (SSSR count). The highest BCUT2D eigenvalue weighted by Gasteiger charge is 2.31. The molecular formula is C20H20ClN3O2S. The summed E-state index contributed by atoms with van der Waals surface area (Å²) in [4.78, 5) is 17.8. The van der Waals surface area contributed by atoms with E-state index < -0.39 is 0 Å². The first-order valence-corrected chi connectivity index (χ1v) is 10.2. The number of nitrogens with one attached hydrogen (secondary N) is 1. The van der Waals surface area contributed by atoms with Gasteiger partial charge in [-0.1, -0.05) is 48.8 Å². The molecule has 1 fully saturated rings. The third-order valence-electron chi connectivity index (χ3n) is 4.58. The molecule has 1 amide bonds. The Labute approximate surface area is 166 Å². The average Bonchev–Trinajstić information content (AvgIpc) is 3.31. The van der Waals surface area contributed by atoms with E-state index in [4.69, 9.17) is 16.1 Å². The maximum absolute atomic E-state index is 12.5. The van der Waals surface area contributed by atoms with Crippen molar-refractivity contribution in [3.63, 3.8) is 0 Å². The molecule has 27 heavy (non-hydrogen) atoms. The predicted octanol–water partition coefficient (Wildman–Crippen LogP) is 5.34. The van der Waals surface area contributed by atoms with Crippen molar-refractivity contribution < 1.29 is 9.32 Å². The number of amides is 1. The minimum atomic E-state index is -0.319. The van der Waals surface area contributed by atoms with E-state index in [0.717, 1.165) is 33.6 Å². The Morgan fingerprint density at radius 2 is 2.15 bits per heavy atom. The Morgan fingerprint density at radius 3 is 2.85 bits per heavy atom. The molecule has 1 atom stereocenters. The van der Waals surface area contributed by atoms with E-state index in [9.17, 15) is 4.79 Å². The van der Waals surface area contributed by atoms with Crippen LogP contribution in [0.5, 0.6) is 0 Å². The number of hydrogen-bond acceptors (Lipinski definition) is 5. The molecular weight excluding hydrogens is 382 g/mol. The van der Waals surface area contributed by atoms with Crippen LogP contribution in [0.1, 0.15) is 55.2 Å². The molecule has 0 radical (unpaired) electrons. The fraction of sp³-hybridized carbons (Fsp3) is 0.350. The summed E-state index contributed by atoms with van der Waals surface area (Å²) in [6.07, 6.45) is 5.47. The number of thiophene rings is 1. The van der Waals surface area contributed by atoms with E-state index in [1.165, 1.54) is 6.08 Å². The molecule has 140 valence electrons. The number of benzene rings is 1. The minimum absolute atomic E-state index is 0.128. The van der Waals surface area contributed by atoms with Crippen LogP contribution < -0.4 is 5.32 Å². The molecule has 3 aromatic rings. The molecule has 1 aliphatic carbocycles. The first-order chi connectivity index (χ1) is 13.0. The van der Waals surface area contributed by atoms with Gasteiger partial charge in [0.2, 0.25) is 11.8 Å². The minimum Gasteiger partial charge on any atom is -0.340 e. The van der Waals surface area contributed by atoms with Crippen molar-refractivity contribution in [3.05, 3.63) is 52.0 Å². The van der Waals surface area contributed by atoms with E-state index in [2.05, 4.69) is 15.5 Å². The summed E-state index contributed by atoms with van der Waals surface area (Å²) >= 11 is 7.99. The van der Waals surface area contributed by atoms with E-state index in [-0.39, 0.29) is 17.9 Å². The first kappa shape index (κ1) is 18.2. The highest BCUT2D eigenvalue weighted by atomic mass is 35.5. The van der Waals surface area contributed by atoms with Crippen molar-refractivity contribution in [1.29, 1.82) is 0 Å². The summed E-state index contributed by atoms with van der Waals surface area (Å²) < 4.78 is 6.49. The van der Waals surface area contributed by atoms with Crippen LogP contribution in [0.15, 0.2) is 34.9 Å². The number of rotatable bonds is 6. The van der Waals surface area contributed by atoms with Crippen LogP contribution in [0, 0.1) is 5.92 Å². The molecule has 0 aliphatic heterocycles. The first-order valence-electron chi connectivity index (χ1n) is 9.02. The summed E-state index contributed by atoms with van der Waals surface area (Å²) in [5, 5.41) is 8.69. The number of hydrogen-bond donors (Lipinski definition) is 1. The van der Waals surface area contributed by atoms with Gasteiger partial charge in [-0.15, -0.1) is 11.3 Å². The number of aromatic nitrogens is 2. The lowest BCUT2D eigenvalue weighted by molar-refractivity contribution is -0.117. The Kier molecular flexibility index (Phi) is 5.02. The molecule has 0 saturated heterocycles. The fourth-order valence-electron chi connectivity index (χ4n) is 2.89. The number of carbonyl (C=O) groups is 1. The lowest BCUT2D eigenvalue weighted by atomic mass is 10.0. The number of halogens is 1. The molecule has 7 heteroatoms. The van der Waals surface area contributed by atoms with Gasteiger partial charge in [0.25, 0.3) is 0 Å². The Balaban J connectivity index is 1.48. The Morgan fingerprint density at radius 1 is 1.37 bits per heavy atom. The van der Waals surface area contributed by atoms with Crippen molar-refractivity contribution in [3.8, 4) is 0 Å². The van der Waals surface area contributed by atoms with Gasteiger partial charge < -0.3 is 9.84 Å². The Bertz CT molecular complexity index is 1000. The molecule has 1 unspecified atom stereocenters. The maximum Gasteiger partial charge on any atom is 0.249 e. The highest BCUT2D eigenvalue weighted by Crippen LogP contribution is 2.39. The van der Waals surface area contributed by atoms with Crippen molar-refractivity contribution >= 4 is 45.0 Å². The van der Waals surface area contributed by atoms with Gasteiger partial charge in [0.05, 0.1) is 5.02 Å². The van der Waals surface area contributed by atoms with Gasteiger partial charge in [-0.3, -0.25) is 4.79 Å². The van der Waals surface area contributed by atoms with Gasteiger partial charge in [0.1, 0.15) is 6.04 Å². The normalized spacial score (nSPS) is 15.7. The van der Waals surface area contributed by atoms with E-state index in [0.29, 0.717) is 16.8 Å². The molecule has 5 nitrogen and oxygen atoms in total. The largest absolute Gasteiger partial charge is 0.340 e. The SMILES string of the molecule is CC(C)C(NC(=O)/C=C/c1sc2ccccc2c1Cl)c1nc(C2CC2)no1. The maximum atomic E-state index is 12.5. The smallest absolute Gasteiger partial charge is 0.249 e. The highest BCUT2D eigenvalue weighted by molar-refractivity contribution is 7.20. The number of fused-ring (bicyclic) bond motifs is 1. The van der Waals surface area contributed by atoms with Crippen molar-refractivity contribution in [2.75, 3.05) is 0 Å². The molecule has 1 N–H and O–H groups in total. The van der Waals surface area contributed by atoms with E-state index in [1.54, 1.807) is 17.4 Å². The monoisotopic (exact) mass is 401 g/mol. The van der Waals surface area contributed by atoms with Crippen molar-refractivity contribution in [2.24, 2.45) is 5.92 Å². The molecule has 0 spiro atoms. The summed E-state index contributed by atoms with van der Waals surface area (Å²) in [5.41, 5.74) is 0. The third-order valence-corrected chi connectivity index (χ3v) is 6.23. The quantitative estimate of drug-likeness (QED) is 0.566. The van der Waals surface area contributed by atoms with Crippen LogP contribution in [0.25, 0.3) is 16.2 Å². The summed E-state index contributed by atoms with van der Waals surface area (Å²) in [6, 6.07) is 7.61. The van der Waals surface area contributed by atoms with Crippen LogP contribution in [0.3, 0.4) is 0 Å². The van der Waals surface area contributed by atoms with Gasteiger partial charge in [-0.25, -0.2) is 0 Å². The molecule has 2 aromatic heterocycles. The van der Waals surface area contributed by atoms with Crippen LogP contribution in [-0.2, 0) is 4.79 Å². The van der Waals surface area contributed by atoms with Gasteiger partial charge in [-0.2, -0.15) is 4.98 Å². The van der Waals surface area contributed by atoms with Gasteiger partial charge in [0, 0.05) is 27.0 Å². The zero-order chi connectivity index (χ0) is 19.0. The van der Waals surface area contributed by atoms with Crippen molar-refractivity contribution in [2.45, 2.75) is 38.6 Å². The standard InChI is InChI=1S/C20H20ClN3O2S/c1-11(2)18(20-23-19(24-26-20)12-7-8-12)22-16(25)10-9-15-17(21)13-5-3-4-6-14(13)27-15/h3-6,9-12,18H,7-8H2,1-2H3,(H,22,25)/b10-9+. The second-order valence-corrected chi connectivity index (χ2v) is 8.57. The van der Waals surface area contributed by atoms with E-state index >= 15 is 0 Å². The molecule has 1 aliphatic rings. The molecule has 2 heterocycles. The summed E-state index contributed by atoms with van der Waals surface area (Å²) in [7, 11) is 0. The summed E-state index contributed by atoms with van der Waals surface area (Å²) in [5.74, 6) is 1.54. The topological polar surface area (TPSA) is 68.0 Å². The van der Waals surface area contributed by atoms with Gasteiger partial charge in [-0.05, 0) is 30.9 Å². The zero-order valence-electron chi connectivity index (χ0n) is 15.1. The van der Waals surface area contributed by atoms with Gasteiger partial charge >= 0.3 is 0 Å². The fourth-order valence-corrected chi connectivity index (χ4v) is 4.29. The molecule has 1 aromatic carbocycles. The number of nitrogens with zero attached hydrogens (tertiary/aromatic N) is 2. The lowest BCUT2D eigenvalue weighted by Crippen LogP contribution is -2.30. The second-order valence-electron chi connectivity index (χ2n) is 7.11. The number of carbonyl (C=O) groups excluding carboxylic acids is 1. The Hall–Kier alpha value is -2.18. The summed E-state index contributed by atoms with van der Waals surface area (Å²) in [6.45, 7) is 4.02. The van der Waals surface area contributed by atoms with Gasteiger partial charge in [0.15, 0.2) is 5.82 Å².